The summed E-state index contributed by atoms with van der Waals surface area (Å²) >= 11 is 11.6. The molecule has 7 heteroatoms. The molecule has 0 fully saturated rings. The highest BCUT2D eigenvalue weighted by Gasteiger charge is 2.13. The van der Waals surface area contributed by atoms with Crippen molar-refractivity contribution < 1.29 is 14.1 Å². The standard InChI is InChI=1S/C11H8Cl2N2O3/c1-6-14-10(18-15-6)5-17-11(16)8-3-2-7(12)4-9(8)13/h2-4H,5H2,1H3. The Labute approximate surface area is 113 Å². The summed E-state index contributed by atoms with van der Waals surface area (Å²) in [5.41, 5.74) is 0.234. The minimum atomic E-state index is -0.576. The maximum Gasteiger partial charge on any atom is 0.340 e. The van der Waals surface area contributed by atoms with Gasteiger partial charge in [0.25, 0.3) is 5.89 Å². The van der Waals surface area contributed by atoms with Crippen LogP contribution in [0.1, 0.15) is 22.1 Å². The molecule has 94 valence electrons. The summed E-state index contributed by atoms with van der Waals surface area (Å²) in [6, 6.07) is 4.52. The molecule has 0 aliphatic heterocycles. The summed E-state index contributed by atoms with van der Waals surface area (Å²) in [4.78, 5) is 15.6. The van der Waals surface area contributed by atoms with Crippen LogP contribution >= 0.6 is 23.2 Å². The van der Waals surface area contributed by atoms with Gasteiger partial charge in [0, 0.05) is 5.02 Å². The van der Waals surface area contributed by atoms with Crippen LogP contribution in [0.2, 0.25) is 10.0 Å². The maximum atomic E-state index is 11.7. The van der Waals surface area contributed by atoms with Crippen molar-refractivity contribution in [1.29, 1.82) is 0 Å². The molecule has 0 N–H and O–H groups in total. The second-order valence-corrected chi connectivity index (χ2v) is 4.28. The van der Waals surface area contributed by atoms with Crippen LogP contribution in [0.4, 0.5) is 0 Å². The number of carbonyl (C=O) groups excluding carboxylic acids is 1. The van der Waals surface area contributed by atoms with Crippen molar-refractivity contribution in [1.82, 2.24) is 10.1 Å². The van der Waals surface area contributed by atoms with Gasteiger partial charge in [-0.1, -0.05) is 28.4 Å². The molecular weight excluding hydrogens is 279 g/mol. The fourth-order valence-corrected chi connectivity index (χ4v) is 1.74. The lowest BCUT2D eigenvalue weighted by molar-refractivity contribution is 0.0430. The van der Waals surface area contributed by atoms with E-state index in [9.17, 15) is 4.79 Å². The Bertz CT molecular complexity index is 583. The van der Waals surface area contributed by atoms with Crippen molar-refractivity contribution in [3.8, 4) is 0 Å². The first kappa shape index (κ1) is 12.9. The summed E-state index contributed by atoms with van der Waals surface area (Å²) in [6.07, 6.45) is 0. The number of aromatic nitrogens is 2. The zero-order valence-electron chi connectivity index (χ0n) is 9.31. The number of esters is 1. The van der Waals surface area contributed by atoms with E-state index in [-0.39, 0.29) is 23.1 Å². The van der Waals surface area contributed by atoms with Crippen molar-refractivity contribution in [2.45, 2.75) is 13.5 Å². The average Bonchev–Trinajstić information content (AvgIpc) is 2.72. The average molecular weight is 287 g/mol. The van der Waals surface area contributed by atoms with Crippen LogP contribution in [0.3, 0.4) is 0 Å². The predicted molar refractivity (Wildman–Crippen MR) is 64.6 cm³/mol. The quantitative estimate of drug-likeness (QED) is 0.812. The largest absolute Gasteiger partial charge is 0.452 e. The molecule has 2 rings (SSSR count). The van der Waals surface area contributed by atoms with Gasteiger partial charge in [0.15, 0.2) is 12.4 Å². The number of nitrogens with zero attached hydrogens (tertiary/aromatic N) is 2. The third kappa shape index (κ3) is 3.00. The maximum absolute atomic E-state index is 11.7. The molecule has 0 spiro atoms. The summed E-state index contributed by atoms with van der Waals surface area (Å²) in [5, 5.41) is 4.25. The van der Waals surface area contributed by atoms with Crippen LogP contribution in [0.5, 0.6) is 0 Å². The highest BCUT2D eigenvalue weighted by molar-refractivity contribution is 6.36. The molecule has 0 amide bonds. The second kappa shape index (κ2) is 5.37. The Morgan fingerprint density at radius 2 is 2.22 bits per heavy atom. The Morgan fingerprint density at radius 1 is 1.44 bits per heavy atom. The van der Waals surface area contributed by atoms with E-state index >= 15 is 0 Å². The molecule has 5 nitrogen and oxygen atoms in total. The SMILES string of the molecule is Cc1noc(COC(=O)c2ccc(Cl)cc2Cl)n1. The summed E-state index contributed by atoms with van der Waals surface area (Å²) in [7, 11) is 0. The molecule has 1 heterocycles. The first-order chi connectivity index (χ1) is 8.56. The Hall–Kier alpha value is -1.59. The van der Waals surface area contributed by atoms with Crippen LogP contribution in [0.15, 0.2) is 22.7 Å². The molecule has 0 atom stereocenters. The molecule has 1 aromatic carbocycles. The number of aryl methyl sites for hydroxylation is 1. The lowest BCUT2D eigenvalue weighted by atomic mass is 10.2. The van der Waals surface area contributed by atoms with Gasteiger partial charge in [-0.15, -0.1) is 0 Å². The van der Waals surface area contributed by atoms with Gasteiger partial charge in [0.2, 0.25) is 0 Å². The van der Waals surface area contributed by atoms with E-state index < -0.39 is 5.97 Å². The summed E-state index contributed by atoms with van der Waals surface area (Å²) in [6.45, 7) is 1.57. The number of rotatable bonds is 3. The van der Waals surface area contributed by atoms with Crippen molar-refractivity contribution in [3.63, 3.8) is 0 Å². The minimum Gasteiger partial charge on any atom is -0.452 e. The molecule has 18 heavy (non-hydrogen) atoms. The van der Waals surface area contributed by atoms with Crippen LogP contribution in [-0.4, -0.2) is 16.1 Å². The molecule has 0 unspecified atom stereocenters. The van der Waals surface area contributed by atoms with Crippen LogP contribution < -0.4 is 0 Å². The smallest absolute Gasteiger partial charge is 0.340 e. The van der Waals surface area contributed by atoms with Gasteiger partial charge < -0.3 is 9.26 Å². The second-order valence-electron chi connectivity index (χ2n) is 3.44. The van der Waals surface area contributed by atoms with Crippen molar-refractivity contribution in [3.05, 3.63) is 45.5 Å². The molecule has 0 radical (unpaired) electrons. The molecule has 0 saturated heterocycles. The number of benzene rings is 1. The third-order valence-electron chi connectivity index (χ3n) is 2.05. The molecular formula is C11H8Cl2N2O3. The lowest BCUT2D eigenvalue weighted by Gasteiger charge is -2.04. The highest BCUT2D eigenvalue weighted by atomic mass is 35.5. The number of hydrogen-bond donors (Lipinski definition) is 0. The van der Waals surface area contributed by atoms with Gasteiger partial charge in [0.1, 0.15) is 0 Å². The molecule has 0 saturated carbocycles. The number of carbonyl (C=O) groups is 1. The van der Waals surface area contributed by atoms with E-state index in [0.29, 0.717) is 10.8 Å². The van der Waals surface area contributed by atoms with Crippen molar-refractivity contribution in [2.24, 2.45) is 0 Å². The molecule has 0 aliphatic carbocycles. The van der Waals surface area contributed by atoms with Crippen molar-refractivity contribution in [2.75, 3.05) is 0 Å². The minimum absolute atomic E-state index is 0.0986. The van der Waals surface area contributed by atoms with E-state index in [2.05, 4.69) is 10.1 Å². The zero-order valence-corrected chi connectivity index (χ0v) is 10.8. The highest BCUT2D eigenvalue weighted by Crippen LogP contribution is 2.21. The fourth-order valence-electron chi connectivity index (χ4n) is 1.26. The van der Waals surface area contributed by atoms with Gasteiger partial charge in [-0.2, -0.15) is 4.98 Å². The van der Waals surface area contributed by atoms with Crippen molar-refractivity contribution >= 4 is 29.2 Å². The fraction of sp³-hybridized carbons (Fsp3) is 0.182. The van der Waals surface area contributed by atoms with E-state index in [4.69, 9.17) is 32.5 Å². The molecule has 1 aromatic heterocycles. The van der Waals surface area contributed by atoms with E-state index in [1.54, 1.807) is 13.0 Å². The van der Waals surface area contributed by atoms with E-state index in [1.807, 2.05) is 0 Å². The first-order valence-electron chi connectivity index (χ1n) is 4.97. The van der Waals surface area contributed by atoms with Gasteiger partial charge in [-0.05, 0) is 25.1 Å². The van der Waals surface area contributed by atoms with Gasteiger partial charge in [0.05, 0.1) is 10.6 Å². The normalized spacial score (nSPS) is 10.4. The Kier molecular flexibility index (Phi) is 3.84. The first-order valence-corrected chi connectivity index (χ1v) is 5.73. The van der Waals surface area contributed by atoms with Gasteiger partial charge in [-0.3, -0.25) is 0 Å². The predicted octanol–water partition coefficient (Wildman–Crippen LogP) is 3.04. The molecule has 2 aromatic rings. The van der Waals surface area contributed by atoms with Gasteiger partial charge >= 0.3 is 5.97 Å². The van der Waals surface area contributed by atoms with Gasteiger partial charge in [-0.25, -0.2) is 4.79 Å². The lowest BCUT2D eigenvalue weighted by Crippen LogP contribution is -2.06. The van der Waals surface area contributed by atoms with Crippen LogP contribution in [0.25, 0.3) is 0 Å². The monoisotopic (exact) mass is 286 g/mol. The number of hydrogen-bond acceptors (Lipinski definition) is 5. The number of halogens is 2. The zero-order chi connectivity index (χ0) is 13.1. The van der Waals surface area contributed by atoms with Crippen LogP contribution in [-0.2, 0) is 11.3 Å². The van der Waals surface area contributed by atoms with E-state index in [0.717, 1.165) is 0 Å². The molecule has 0 bridgehead atoms. The number of ether oxygens (including phenoxy) is 1. The summed E-state index contributed by atoms with van der Waals surface area (Å²) in [5.74, 6) is 0.129. The van der Waals surface area contributed by atoms with E-state index in [1.165, 1.54) is 12.1 Å². The Balaban J connectivity index is 2.03. The Morgan fingerprint density at radius 3 is 2.83 bits per heavy atom. The summed E-state index contributed by atoms with van der Waals surface area (Å²) < 4.78 is 9.79. The van der Waals surface area contributed by atoms with Crippen LogP contribution in [0, 0.1) is 6.92 Å². The third-order valence-corrected chi connectivity index (χ3v) is 2.60. The molecule has 0 aliphatic rings. The topological polar surface area (TPSA) is 65.2 Å².